The van der Waals surface area contributed by atoms with Crippen LogP contribution in [0.5, 0.6) is 11.5 Å². The fourth-order valence-corrected chi connectivity index (χ4v) is 3.15. The summed E-state index contributed by atoms with van der Waals surface area (Å²) in [6.45, 7) is 1.94. The van der Waals surface area contributed by atoms with Gasteiger partial charge in [0.2, 0.25) is 0 Å². The van der Waals surface area contributed by atoms with E-state index in [-0.39, 0.29) is 12.3 Å². The number of hydrogen-bond donors (Lipinski definition) is 0. The van der Waals surface area contributed by atoms with Crippen molar-refractivity contribution in [2.24, 2.45) is 0 Å². The van der Waals surface area contributed by atoms with E-state index in [1.165, 1.54) is 31.4 Å². The summed E-state index contributed by atoms with van der Waals surface area (Å²) in [5, 5.41) is 20.3. The highest BCUT2D eigenvalue weighted by molar-refractivity contribution is 14.1. The highest BCUT2D eigenvalue weighted by Crippen LogP contribution is 2.35. The van der Waals surface area contributed by atoms with E-state index in [1.807, 2.05) is 6.92 Å². The summed E-state index contributed by atoms with van der Waals surface area (Å²) >= 11 is 2.05. The minimum atomic E-state index is -0.517. The second kappa shape index (κ2) is 10.4. The number of allylic oxidation sites excluding steroid dienone is 1. The molecule has 0 amide bonds. The number of nitrogens with zero attached hydrogens (tertiary/aromatic N) is 2. The lowest BCUT2D eigenvalue weighted by atomic mass is 10.0. The molecule has 0 unspecified atom stereocenters. The lowest BCUT2D eigenvalue weighted by Crippen LogP contribution is -2.14. The first kappa shape index (κ1) is 22.2. The Kier molecular flexibility index (Phi) is 7.97. The molecular weight excluding hydrogens is 491 g/mol. The van der Waals surface area contributed by atoms with Crippen LogP contribution >= 0.6 is 22.6 Å². The Morgan fingerprint density at radius 1 is 1.28 bits per heavy atom. The van der Waals surface area contributed by atoms with Crippen molar-refractivity contribution >= 4 is 45.9 Å². The van der Waals surface area contributed by atoms with E-state index in [9.17, 15) is 20.2 Å². The van der Waals surface area contributed by atoms with Gasteiger partial charge in [0.05, 0.1) is 33.9 Å². The van der Waals surface area contributed by atoms with E-state index in [4.69, 9.17) is 9.47 Å². The topological polar surface area (TPSA) is 112 Å². The molecule has 2 aromatic rings. The standard InChI is InChI=1S/C20H17IN2O6/c1-3-28-18-10-13(9-17(21)20(18)29-12-19(24)27-2)8-15(11-22)14-4-6-16(7-5-14)23(25)26/h4-10H,3,12H2,1-2H3/b15-8-. The summed E-state index contributed by atoms with van der Waals surface area (Å²) in [7, 11) is 1.27. The number of halogens is 1. The molecule has 0 heterocycles. The molecule has 0 bridgehead atoms. The second-order valence-electron chi connectivity index (χ2n) is 5.60. The molecule has 0 saturated carbocycles. The van der Waals surface area contributed by atoms with Crippen LogP contribution in [0.1, 0.15) is 18.1 Å². The van der Waals surface area contributed by atoms with Gasteiger partial charge in [-0.3, -0.25) is 10.1 Å². The number of non-ortho nitro benzene ring substituents is 1. The Morgan fingerprint density at radius 2 is 1.97 bits per heavy atom. The van der Waals surface area contributed by atoms with Crippen LogP contribution in [-0.2, 0) is 9.53 Å². The zero-order valence-corrected chi connectivity index (χ0v) is 17.8. The Morgan fingerprint density at radius 3 is 2.52 bits per heavy atom. The van der Waals surface area contributed by atoms with Gasteiger partial charge >= 0.3 is 5.97 Å². The molecule has 0 aliphatic rings. The van der Waals surface area contributed by atoms with Gasteiger partial charge in [0, 0.05) is 12.1 Å². The minimum Gasteiger partial charge on any atom is -0.490 e. The average Bonchev–Trinajstić information content (AvgIpc) is 2.71. The van der Waals surface area contributed by atoms with Crippen LogP contribution in [0.3, 0.4) is 0 Å². The molecule has 0 fully saturated rings. The Labute approximate surface area is 181 Å². The highest BCUT2D eigenvalue weighted by Gasteiger charge is 2.14. The van der Waals surface area contributed by atoms with E-state index in [0.717, 1.165) is 0 Å². The van der Waals surface area contributed by atoms with Gasteiger partial charge in [-0.1, -0.05) is 0 Å². The first-order valence-corrected chi connectivity index (χ1v) is 9.50. The molecular formula is C20H17IN2O6. The number of hydrogen-bond acceptors (Lipinski definition) is 7. The zero-order chi connectivity index (χ0) is 21.4. The number of benzene rings is 2. The number of esters is 1. The quantitative estimate of drug-likeness (QED) is 0.131. The normalized spacial score (nSPS) is 10.8. The van der Waals surface area contributed by atoms with E-state index >= 15 is 0 Å². The van der Waals surface area contributed by atoms with Crippen LogP contribution in [0.25, 0.3) is 11.6 Å². The van der Waals surface area contributed by atoms with Gasteiger partial charge in [-0.15, -0.1) is 0 Å². The fourth-order valence-electron chi connectivity index (χ4n) is 2.37. The summed E-state index contributed by atoms with van der Waals surface area (Å²) in [6.07, 6.45) is 1.65. The number of nitriles is 1. The molecule has 0 spiro atoms. The van der Waals surface area contributed by atoms with Crippen molar-refractivity contribution in [1.29, 1.82) is 5.26 Å². The summed E-state index contributed by atoms with van der Waals surface area (Å²) in [4.78, 5) is 21.7. The third kappa shape index (κ3) is 5.92. The van der Waals surface area contributed by atoms with Crippen LogP contribution in [0.4, 0.5) is 5.69 Å². The van der Waals surface area contributed by atoms with Gasteiger partial charge in [0.25, 0.3) is 5.69 Å². The van der Waals surface area contributed by atoms with Crippen LogP contribution in [0, 0.1) is 25.0 Å². The molecule has 29 heavy (non-hydrogen) atoms. The van der Waals surface area contributed by atoms with Crippen molar-refractivity contribution < 1.29 is 23.9 Å². The van der Waals surface area contributed by atoms with Crippen molar-refractivity contribution in [2.45, 2.75) is 6.92 Å². The van der Waals surface area contributed by atoms with E-state index in [0.29, 0.717) is 38.4 Å². The Hall–Kier alpha value is -3.13. The first-order valence-electron chi connectivity index (χ1n) is 8.42. The van der Waals surface area contributed by atoms with Crippen molar-refractivity contribution in [3.05, 3.63) is 61.2 Å². The van der Waals surface area contributed by atoms with Gasteiger partial charge in [-0.2, -0.15) is 5.26 Å². The SMILES string of the molecule is CCOc1cc(/C=C(/C#N)c2ccc([N+](=O)[O-])cc2)cc(I)c1OCC(=O)OC. The highest BCUT2D eigenvalue weighted by atomic mass is 127. The maximum atomic E-state index is 11.4. The molecule has 0 atom stereocenters. The van der Waals surface area contributed by atoms with Crippen LogP contribution in [0.15, 0.2) is 36.4 Å². The molecule has 2 rings (SSSR count). The van der Waals surface area contributed by atoms with E-state index < -0.39 is 10.9 Å². The summed E-state index contributed by atoms with van der Waals surface area (Å²) in [5.41, 5.74) is 1.52. The third-order valence-corrected chi connectivity index (χ3v) is 4.52. The molecule has 2 aromatic carbocycles. The molecule has 0 N–H and O–H groups in total. The molecule has 0 aromatic heterocycles. The predicted molar refractivity (Wildman–Crippen MR) is 114 cm³/mol. The maximum absolute atomic E-state index is 11.4. The van der Waals surface area contributed by atoms with Crippen molar-refractivity contribution in [3.8, 4) is 17.6 Å². The van der Waals surface area contributed by atoms with Gasteiger partial charge in [0.15, 0.2) is 18.1 Å². The number of carbonyl (C=O) groups is 1. The zero-order valence-electron chi connectivity index (χ0n) is 15.7. The molecule has 0 aliphatic heterocycles. The molecule has 0 radical (unpaired) electrons. The number of methoxy groups -OCH3 is 1. The van der Waals surface area contributed by atoms with E-state index in [2.05, 4.69) is 33.4 Å². The smallest absolute Gasteiger partial charge is 0.343 e. The summed E-state index contributed by atoms with van der Waals surface area (Å²) in [6, 6.07) is 11.3. The fraction of sp³-hybridized carbons (Fsp3) is 0.200. The number of nitro groups is 1. The monoisotopic (exact) mass is 508 g/mol. The maximum Gasteiger partial charge on any atom is 0.343 e. The Bertz CT molecular complexity index is 980. The number of rotatable bonds is 8. The lowest BCUT2D eigenvalue weighted by Gasteiger charge is -2.14. The van der Waals surface area contributed by atoms with Crippen LogP contribution in [0.2, 0.25) is 0 Å². The minimum absolute atomic E-state index is 0.0497. The second-order valence-corrected chi connectivity index (χ2v) is 6.76. The van der Waals surface area contributed by atoms with Gasteiger partial charge in [0.1, 0.15) is 0 Å². The van der Waals surface area contributed by atoms with Gasteiger partial charge < -0.3 is 14.2 Å². The number of carbonyl (C=O) groups excluding carboxylic acids is 1. The predicted octanol–water partition coefficient (Wildman–Crippen LogP) is 4.21. The van der Waals surface area contributed by atoms with Crippen molar-refractivity contribution in [3.63, 3.8) is 0 Å². The van der Waals surface area contributed by atoms with Crippen molar-refractivity contribution in [1.82, 2.24) is 0 Å². The largest absolute Gasteiger partial charge is 0.490 e. The van der Waals surface area contributed by atoms with Crippen LogP contribution in [-0.4, -0.2) is 31.2 Å². The van der Waals surface area contributed by atoms with Gasteiger partial charge in [-0.25, -0.2) is 4.79 Å². The molecule has 9 heteroatoms. The molecule has 150 valence electrons. The molecule has 8 nitrogen and oxygen atoms in total. The van der Waals surface area contributed by atoms with Crippen LogP contribution < -0.4 is 9.47 Å². The van der Waals surface area contributed by atoms with Gasteiger partial charge in [-0.05, 0) is 71.0 Å². The summed E-state index contributed by atoms with van der Waals surface area (Å²) in [5.74, 6) is 0.316. The lowest BCUT2D eigenvalue weighted by molar-refractivity contribution is -0.384. The number of nitro benzene ring substituents is 1. The van der Waals surface area contributed by atoms with E-state index in [1.54, 1.807) is 18.2 Å². The molecule has 0 aliphatic carbocycles. The summed E-state index contributed by atoms with van der Waals surface area (Å²) < 4.78 is 16.4. The average molecular weight is 508 g/mol. The Balaban J connectivity index is 2.40. The first-order chi connectivity index (χ1) is 13.9. The number of ether oxygens (including phenoxy) is 3. The van der Waals surface area contributed by atoms with Crippen molar-refractivity contribution in [2.75, 3.05) is 20.3 Å². The third-order valence-electron chi connectivity index (χ3n) is 3.71. The molecule has 0 saturated heterocycles.